The van der Waals surface area contributed by atoms with E-state index < -0.39 is 6.10 Å². The molecule has 2 N–H and O–H groups in total. The maximum absolute atomic E-state index is 11.9. The van der Waals surface area contributed by atoms with Crippen molar-refractivity contribution in [3.8, 4) is 6.07 Å². The number of carbonyl (C=O) groups excluding carboxylic acids is 1. The molecule has 0 unspecified atom stereocenters. The molecule has 0 bridgehead atoms. The molecule has 1 atom stereocenters. The Morgan fingerprint density at radius 2 is 2.17 bits per heavy atom. The van der Waals surface area contributed by atoms with E-state index in [0.717, 1.165) is 12.8 Å². The van der Waals surface area contributed by atoms with Crippen molar-refractivity contribution in [2.24, 2.45) is 0 Å². The van der Waals surface area contributed by atoms with Gasteiger partial charge in [0, 0.05) is 18.8 Å². The third kappa shape index (κ3) is 2.99. The smallest absolute Gasteiger partial charge is 0.321 e. The van der Waals surface area contributed by atoms with E-state index in [9.17, 15) is 9.90 Å². The molecule has 1 aliphatic heterocycles. The van der Waals surface area contributed by atoms with E-state index in [2.05, 4.69) is 5.32 Å². The van der Waals surface area contributed by atoms with Crippen LogP contribution < -0.4 is 5.32 Å². The summed E-state index contributed by atoms with van der Waals surface area (Å²) >= 11 is 0. The normalized spacial score (nSPS) is 19.1. The quantitative estimate of drug-likeness (QED) is 0.788. The minimum Gasteiger partial charge on any atom is -0.391 e. The van der Waals surface area contributed by atoms with Crippen molar-refractivity contribution in [3.05, 3.63) is 29.8 Å². The molecule has 0 spiro atoms. The number of hydrogen-bond acceptors (Lipinski definition) is 3. The van der Waals surface area contributed by atoms with Crippen LogP contribution in [-0.2, 0) is 0 Å². The molecule has 5 nitrogen and oxygen atoms in total. The average molecular weight is 245 g/mol. The van der Waals surface area contributed by atoms with Crippen LogP contribution in [0.2, 0.25) is 0 Å². The van der Waals surface area contributed by atoms with Gasteiger partial charge in [-0.05, 0) is 37.1 Å². The van der Waals surface area contributed by atoms with Gasteiger partial charge in [0.25, 0.3) is 0 Å². The molecule has 1 aliphatic rings. The van der Waals surface area contributed by atoms with E-state index in [1.807, 2.05) is 6.07 Å². The van der Waals surface area contributed by atoms with Gasteiger partial charge in [-0.25, -0.2) is 4.79 Å². The number of aliphatic hydroxyl groups is 1. The standard InChI is InChI=1S/C13H15N3O2/c14-8-10-3-5-11(6-4-10)15-13(18)16-7-1-2-12(17)9-16/h3-6,12,17H,1-2,7,9H2,(H,15,18)/t12-/m0/s1. The predicted octanol–water partition coefficient (Wildman–Crippen LogP) is 1.55. The maximum Gasteiger partial charge on any atom is 0.321 e. The lowest BCUT2D eigenvalue weighted by molar-refractivity contribution is 0.0883. The Morgan fingerprint density at radius 1 is 1.44 bits per heavy atom. The molecule has 0 aromatic heterocycles. The maximum atomic E-state index is 11.9. The second-order valence-corrected chi connectivity index (χ2v) is 4.36. The topological polar surface area (TPSA) is 76.4 Å². The summed E-state index contributed by atoms with van der Waals surface area (Å²) in [5.41, 5.74) is 1.21. The molecule has 0 saturated carbocycles. The van der Waals surface area contributed by atoms with Crippen molar-refractivity contribution in [3.63, 3.8) is 0 Å². The number of amides is 2. The van der Waals surface area contributed by atoms with E-state index >= 15 is 0 Å². The van der Waals surface area contributed by atoms with Crippen LogP contribution in [-0.4, -0.2) is 35.2 Å². The number of benzene rings is 1. The van der Waals surface area contributed by atoms with Gasteiger partial charge < -0.3 is 15.3 Å². The van der Waals surface area contributed by atoms with E-state index in [4.69, 9.17) is 5.26 Å². The summed E-state index contributed by atoms with van der Waals surface area (Å²) in [6, 6.07) is 8.50. The van der Waals surface area contributed by atoms with Crippen LogP contribution in [0.5, 0.6) is 0 Å². The highest BCUT2D eigenvalue weighted by molar-refractivity contribution is 5.89. The summed E-state index contributed by atoms with van der Waals surface area (Å²) < 4.78 is 0. The van der Waals surface area contributed by atoms with Crippen LogP contribution in [0.1, 0.15) is 18.4 Å². The highest BCUT2D eigenvalue weighted by Crippen LogP contribution is 2.13. The molecule has 5 heteroatoms. The molecule has 2 rings (SSSR count). The summed E-state index contributed by atoms with van der Waals surface area (Å²) in [7, 11) is 0. The van der Waals surface area contributed by atoms with Crippen molar-refractivity contribution in [1.82, 2.24) is 4.90 Å². The van der Waals surface area contributed by atoms with E-state index in [-0.39, 0.29) is 6.03 Å². The Balaban J connectivity index is 1.96. The van der Waals surface area contributed by atoms with Crippen LogP contribution in [0.3, 0.4) is 0 Å². The van der Waals surface area contributed by atoms with Gasteiger partial charge >= 0.3 is 6.03 Å². The molecule has 1 heterocycles. The summed E-state index contributed by atoms with van der Waals surface area (Å²) in [6.45, 7) is 1.04. The van der Waals surface area contributed by atoms with Crippen LogP contribution in [0, 0.1) is 11.3 Å². The first-order valence-electron chi connectivity index (χ1n) is 5.93. The number of hydrogen-bond donors (Lipinski definition) is 2. The van der Waals surface area contributed by atoms with E-state index in [1.54, 1.807) is 29.2 Å². The number of aliphatic hydroxyl groups excluding tert-OH is 1. The van der Waals surface area contributed by atoms with Gasteiger partial charge in [0.05, 0.1) is 17.7 Å². The van der Waals surface area contributed by atoms with Gasteiger partial charge in [-0.2, -0.15) is 5.26 Å². The van der Waals surface area contributed by atoms with Crippen molar-refractivity contribution in [2.45, 2.75) is 18.9 Å². The van der Waals surface area contributed by atoms with Gasteiger partial charge in [0.15, 0.2) is 0 Å². The van der Waals surface area contributed by atoms with Gasteiger partial charge in [-0.3, -0.25) is 0 Å². The zero-order valence-electron chi connectivity index (χ0n) is 9.97. The second kappa shape index (κ2) is 5.52. The highest BCUT2D eigenvalue weighted by atomic mass is 16.3. The molecule has 1 aromatic carbocycles. The number of nitrogens with one attached hydrogen (secondary N) is 1. The van der Waals surface area contributed by atoms with E-state index in [1.165, 1.54) is 0 Å². The average Bonchev–Trinajstić information content (AvgIpc) is 2.39. The monoisotopic (exact) mass is 245 g/mol. The molecular formula is C13H15N3O2. The highest BCUT2D eigenvalue weighted by Gasteiger charge is 2.21. The van der Waals surface area contributed by atoms with Crippen molar-refractivity contribution in [2.75, 3.05) is 18.4 Å². The number of nitriles is 1. The minimum atomic E-state index is -0.425. The van der Waals surface area contributed by atoms with Crippen LogP contribution in [0.4, 0.5) is 10.5 Å². The van der Waals surface area contributed by atoms with E-state index in [0.29, 0.717) is 24.3 Å². The molecule has 1 aromatic rings. The lowest BCUT2D eigenvalue weighted by Crippen LogP contribution is -2.44. The summed E-state index contributed by atoms with van der Waals surface area (Å²) in [6.07, 6.45) is 1.15. The number of likely N-dealkylation sites (tertiary alicyclic amines) is 1. The fourth-order valence-electron chi connectivity index (χ4n) is 1.97. The molecule has 2 amide bonds. The Morgan fingerprint density at radius 3 is 2.78 bits per heavy atom. The van der Waals surface area contributed by atoms with Crippen LogP contribution in [0.25, 0.3) is 0 Å². The Kier molecular flexibility index (Phi) is 3.80. The SMILES string of the molecule is N#Cc1ccc(NC(=O)N2CCC[C@H](O)C2)cc1. The lowest BCUT2D eigenvalue weighted by atomic mass is 10.1. The zero-order valence-corrected chi connectivity index (χ0v) is 9.97. The number of urea groups is 1. The Hall–Kier alpha value is -2.06. The molecule has 18 heavy (non-hydrogen) atoms. The fourth-order valence-corrected chi connectivity index (χ4v) is 1.97. The van der Waals surface area contributed by atoms with Crippen LogP contribution >= 0.6 is 0 Å². The largest absolute Gasteiger partial charge is 0.391 e. The minimum absolute atomic E-state index is 0.210. The van der Waals surface area contributed by atoms with Gasteiger partial charge in [-0.15, -0.1) is 0 Å². The molecule has 0 radical (unpaired) electrons. The summed E-state index contributed by atoms with van der Waals surface area (Å²) in [4.78, 5) is 13.5. The van der Waals surface area contributed by atoms with Gasteiger partial charge in [0.2, 0.25) is 0 Å². The third-order valence-electron chi connectivity index (χ3n) is 2.95. The Bertz CT molecular complexity index is 464. The number of piperidine rings is 1. The number of nitrogens with zero attached hydrogens (tertiary/aromatic N) is 2. The predicted molar refractivity (Wildman–Crippen MR) is 67.0 cm³/mol. The number of rotatable bonds is 1. The first-order valence-corrected chi connectivity index (χ1v) is 5.93. The van der Waals surface area contributed by atoms with Crippen molar-refractivity contribution >= 4 is 11.7 Å². The third-order valence-corrected chi connectivity index (χ3v) is 2.95. The van der Waals surface area contributed by atoms with Crippen molar-refractivity contribution in [1.29, 1.82) is 5.26 Å². The number of anilines is 1. The molecule has 0 aliphatic carbocycles. The zero-order chi connectivity index (χ0) is 13.0. The number of carbonyl (C=O) groups is 1. The van der Waals surface area contributed by atoms with Gasteiger partial charge in [-0.1, -0.05) is 0 Å². The Labute approximate surface area is 106 Å². The summed E-state index contributed by atoms with van der Waals surface area (Å²) in [5.74, 6) is 0. The van der Waals surface area contributed by atoms with Crippen LogP contribution in [0.15, 0.2) is 24.3 Å². The van der Waals surface area contributed by atoms with Crippen molar-refractivity contribution < 1.29 is 9.90 Å². The molecule has 1 fully saturated rings. The van der Waals surface area contributed by atoms with Gasteiger partial charge in [0.1, 0.15) is 0 Å². The first kappa shape index (κ1) is 12.4. The summed E-state index contributed by atoms with van der Waals surface area (Å²) in [5, 5.41) is 20.9. The number of β-amino-alcohol motifs (C(OH)–C–C–N with tert-alkyl or cyclic N) is 1. The molecule has 1 saturated heterocycles. The fraction of sp³-hybridized carbons (Fsp3) is 0.385. The second-order valence-electron chi connectivity index (χ2n) is 4.36. The first-order chi connectivity index (χ1) is 8.69. The molecule has 94 valence electrons. The molecular weight excluding hydrogens is 230 g/mol. The lowest BCUT2D eigenvalue weighted by Gasteiger charge is -2.30.